The van der Waals surface area contributed by atoms with Gasteiger partial charge < -0.3 is 21.1 Å². The maximum absolute atomic E-state index is 12.7. The zero-order chi connectivity index (χ0) is 22.0. The van der Waals surface area contributed by atoms with E-state index >= 15 is 0 Å². The third kappa shape index (κ3) is 4.86. The van der Waals surface area contributed by atoms with E-state index in [1.807, 2.05) is 6.07 Å². The number of H-pyrrole nitrogens is 1. The van der Waals surface area contributed by atoms with Gasteiger partial charge in [-0.15, -0.1) is 0 Å². The van der Waals surface area contributed by atoms with Crippen molar-refractivity contribution in [1.82, 2.24) is 24.6 Å². The summed E-state index contributed by atoms with van der Waals surface area (Å²) in [6.07, 6.45) is 2.32. The molecule has 10 nitrogen and oxygen atoms in total. The molecule has 4 rings (SSSR count). The third-order valence-electron chi connectivity index (χ3n) is 5.39. The van der Waals surface area contributed by atoms with Gasteiger partial charge in [-0.3, -0.25) is 4.57 Å². The number of nitrogens with two attached hydrogens (primary N) is 1. The van der Waals surface area contributed by atoms with Gasteiger partial charge in [0.25, 0.3) is 0 Å². The molecular weight excluding hydrogens is 420 g/mol. The molecule has 31 heavy (non-hydrogen) atoms. The molecule has 2 aromatic heterocycles. The lowest BCUT2D eigenvalue weighted by Crippen LogP contribution is -2.42. The average Bonchev–Trinajstić information content (AvgIpc) is 3.17. The largest absolute Gasteiger partial charge is 0.390 e. The first-order valence-corrected chi connectivity index (χ1v) is 11.7. The van der Waals surface area contributed by atoms with Gasteiger partial charge in [0.1, 0.15) is 5.65 Å². The molecule has 3 heterocycles. The minimum atomic E-state index is -3.59. The van der Waals surface area contributed by atoms with Crippen molar-refractivity contribution in [2.45, 2.75) is 36.4 Å². The molecule has 0 amide bonds. The topological polar surface area (TPSA) is 155 Å². The summed E-state index contributed by atoms with van der Waals surface area (Å²) >= 11 is 0. The zero-order valence-corrected chi connectivity index (χ0v) is 17.7. The molecule has 0 radical (unpaired) electrons. The number of hydrogen-bond acceptors (Lipinski definition) is 7. The number of aliphatic hydroxyl groups is 1. The summed E-state index contributed by atoms with van der Waals surface area (Å²) < 4.78 is 29.4. The summed E-state index contributed by atoms with van der Waals surface area (Å²) in [6.45, 7) is 1.72. The Hall–Kier alpha value is -2.57. The van der Waals surface area contributed by atoms with Crippen LogP contribution in [-0.2, 0) is 16.6 Å². The minimum absolute atomic E-state index is 0.0462. The fraction of sp³-hybridized carbons (Fsp3) is 0.400. The summed E-state index contributed by atoms with van der Waals surface area (Å²) in [5.41, 5.74) is 6.81. The van der Waals surface area contributed by atoms with E-state index in [-0.39, 0.29) is 24.0 Å². The molecule has 0 aliphatic carbocycles. The first-order valence-electron chi connectivity index (χ1n) is 10.2. The standard InChI is InChI=1S/C20H26N6O4S/c21-10-16(27)12-26-11-14-9-18(23-19(14)24-20(26)28)13-1-3-17(4-2-13)31(29,30)25-15-5-7-22-8-6-15/h1-4,9,11,15-16,22,25,27H,5-8,10,12,21H2,(H,23,24,28). The van der Waals surface area contributed by atoms with E-state index in [1.165, 1.54) is 4.57 Å². The second-order valence-electron chi connectivity index (χ2n) is 7.72. The van der Waals surface area contributed by atoms with Crippen molar-refractivity contribution in [2.75, 3.05) is 19.6 Å². The Balaban J connectivity index is 1.56. The molecule has 1 fully saturated rings. The predicted molar refractivity (Wildman–Crippen MR) is 117 cm³/mol. The highest BCUT2D eigenvalue weighted by atomic mass is 32.2. The SMILES string of the molecule is NCC(O)Cn1cc2cc(-c3ccc(S(=O)(=O)NC4CCNCC4)cc3)[nH]c2nc1=O. The molecule has 0 spiro atoms. The molecule has 0 bridgehead atoms. The Kier molecular flexibility index (Phi) is 6.21. The summed E-state index contributed by atoms with van der Waals surface area (Å²) in [5, 5.41) is 13.6. The van der Waals surface area contributed by atoms with E-state index in [0.29, 0.717) is 16.7 Å². The molecule has 1 saturated heterocycles. The first kappa shape index (κ1) is 21.7. The van der Waals surface area contributed by atoms with Gasteiger partial charge in [0.05, 0.1) is 17.5 Å². The molecule has 6 N–H and O–H groups in total. The van der Waals surface area contributed by atoms with E-state index in [2.05, 4.69) is 20.0 Å². The van der Waals surface area contributed by atoms with Crippen molar-refractivity contribution in [3.05, 3.63) is 47.0 Å². The summed E-state index contributed by atoms with van der Waals surface area (Å²) in [4.78, 5) is 19.5. The lowest BCUT2D eigenvalue weighted by molar-refractivity contribution is 0.160. The normalized spacial score (nSPS) is 16.6. The lowest BCUT2D eigenvalue weighted by Gasteiger charge is -2.23. The Morgan fingerprint density at radius 3 is 2.65 bits per heavy atom. The van der Waals surface area contributed by atoms with Crippen LogP contribution in [0.25, 0.3) is 22.3 Å². The number of aromatic nitrogens is 3. The van der Waals surface area contributed by atoms with Crippen molar-refractivity contribution < 1.29 is 13.5 Å². The molecule has 0 saturated carbocycles. The van der Waals surface area contributed by atoms with Crippen LogP contribution in [-0.4, -0.2) is 59.8 Å². The quantitative estimate of drug-likeness (QED) is 0.335. The van der Waals surface area contributed by atoms with Gasteiger partial charge >= 0.3 is 5.69 Å². The van der Waals surface area contributed by atoms with Crippen LogP contribution in [0.2, 0.25) is 0 Å². The van der Waals surface area contributed by atoms with Crippen LogP contribution >= 0.6 is 0 Å². The van der Waals surface area contributed by atoms with E-state index in [9.17, 15) is 18.3 Å². The highest BCUT2D eigenvalue weighted by molar-refractivity contribution is 7.89. The van der Waals surface area contributed by atoms with Gasteiger partial charge in [0, 0.05) is 29.9 Å². The van der Waals surface area contributed by atoms with Crippen molar-refractivity contribution in [3.8, 4) is 11.3 Å². The van der Waals surface area contributed by atoms with E-state index in [0.717, 1.165) is 31.5 Å². The molecule has 1 unspecified atom stereocenters. The van der Waals surface area contributed by atoms with Gasteiger partial charge in [0.2, 0.25) is 10.0 Å². The van der Waals surface area contributed by atoms with Crippen molar-refractivity contribution in [3.63, 3.8) is 0 Å². The number of hydrogen-bond donors (Lipinski definition) is 5. The number of nitrogens with one attached hydrogen (secondary N) is 3. The van der Waals surface area contributed by atoms with Crippen LogP contribution < -0.4 is 21.5 Å². The predicted octanol–water partition coefficient (Wildman–Crippen LogP) is -0.258. The Bertz CT molecular complexity index is 1210. The van der Waals surface area contributed by atoms with Crippen molar-refractivity contribution >= 4 is 21.1 Å². The Morgan fingerprint density at radius 1 is 1.26 bits per heavy atom. The second-order valence-corrected chi connectivity index (χ2v) is 9.44. The molecule has 1 atom stereocenters. The summed E-state index contributed by atoms with van der Waals surface area (Å²) in [6, 6.07) is 8.32. The van der Waals surface area contributed by atoms with Crippen LogP contribution in [0.15, 0.2) is 46.2 Å². The fourth-order valence-electron chi connectivity index (χ4n) is 3.66. The van der Waals surface area contributed by atoms with Crippen LogP contribution in [0, 0.1) is 0 Å². The monoisotopic (exact) mass is 446 g/mol. The lowest BCUT2D eigenvalue weighted by atomic mass is 10.1. The number of piperidine rings is 1. The Morgan fingerprint density at radius 2 is 1.97 bits per heavy atom. The van der Waals surface area contributed by atoms with Crippen LogP contribution in [0.1, 0.15) is 12.8 Å². The second kappa shape index (κ2) is 8.89. The maximum Gasteiger partial charge on any atom is 0.349 e. The van der Waals surface area contributed by atoms with Crippen LogP contribution in [0.3, 0.4) is 0 Å². The van der Waals surface area contributed by atoms with Gasteiger partial charge in [-0.1, -0.05) is 12.1 Å². The molecule has 1 aromatic carbocycles. The van der Waals surface area contributed by atoms with Gasteiger partial charge in [0.15, 0.2) is 0 Å². The Labute approximate surface area is 179 Å². The zero-order valence-electron chi connectivity index (χ0n) is 16.9. The number of fused-ring (bicyclic) bond motifs is 1. The third-order valence-corrected chi connectivity index (χ3v) is 6.93. The number of sulfonamides is 1. The fourth-order valence-corrected chi connectivity index (χ4v) is 4.97. The minimum Gasteiger partial charge on any atom is -0.390 e. The molecule has 166 valence electrons. The first-order chi connectivity index (χ1) is 14.9. The van der Waals surface area contributed by atoms with E-state index in [4.69, 9.17) is 5.73 Å². The molecular formula is C20H26N6O4S. The van der Waals surface area contributed by atoms with Crippen molar-refractivity contribution in [2.24, 2.45) is 5.73 Å². The van der Waals surface area contributed by atoms with Crippen LogP contribution in [0.4, 0.5) is 0 Å². The highest BCUT2D eigenvalue weighted by Crippen LogP contribution is 2.24. The van der Waals surface area contributed by atoms with E-state index < -0.39 is 21.8 Å². The number of nitrogens with zero attached hydrogens (tertiary/aromatic N) is 2. The number of aliphatic hydroxyl groups excluding tert-OH is 1. The summed E-state index contributed by atoms with van der Waals surface area (Å²) in [5.74, 6) is 0. The highest BCUT2D eigenvalue weighted by Gasteiger charge is 2.21. The number of rotatable bonds is 7. The molecule has 1 aliphatic rings. The van der Waals surface area contributed by atoms with E-state index in [1.54, 1.807) is 30.5 Å². The smallest absolute Gasteiger partial charge is 0.349 e. The molecule has 1 aliphatic heterocycles. The summed E-state index contributed by atoms with van der Waals surface area (Å²) in [7, 11) is -3.59. The molecule has 11 heteroatoms. The number of aromatic amines is 1. The molecule has 3 aromatic rings. The van der Waals surface area contributed by atoms with Crippen molar-refractivity contribution in [1.29, 1.82) is 0 Å². The maximum atomic E-state index is 12.7. The van der Waals surface area contributed by atoms with Crippen LogP contribution in [0.5, 0.6) is 0 Å². The van der Waals surface area contributed by atoms with Gasteiger partial charge in [-0.2, -0.15) is 4.98 Å². The average molecular weight is 447 g/mol. The van der Waals surface area contributed by atoms with Gasteiger partial charge in [-0.25, -0.2) is 17.9 Å². The number of benzene rings is 1. The van der Waals surface area contributed by atoms with Gasteiger partial charge in [-0.05, 0) is 49.7 Å².